The van der Waals surface area contributed by atoms with Crippen LogP contribution < -0.4 is 9.47 Å². The van der Waals surface area contributed by atoms with Crippen molar-refractivity contribution in [3.8, 4) is 11.5 Å². The van der Waals surface area contributed by atoms with Gasteiger partial charge in [0.1, 0.15) is 23.8 Å². The van der Waals surface area contributed by atoms with Crippen LogP contribution in [0, 0.1) is 0 Å². The highest BCUT2D eigenvalue weighted by Crippen LogP contribution is 2.33. The van der Waals surface area contributed by atoms with Gasteiger partial charge in [0, 0.05) is 6.07 Å². The van der Waals surface area contributed by atoms with E-state index in [2.05, 4.69) is 9.72 Å². The van der Waals surface area contributed by atoms with E-state index in [1.807, 2.05) is 0 Å². The average Bonchev–Trinajstić information content (AvgIpc) is 2.46. The van der Waals surface area contributed by atoms with Crippen LogP contribution in [-0.4, -0.2) is 17.6 Å². The van der Waals surface area contributed by atoms with Gasteiger partial charge in [-0.05, 0) is 24.3 Å². The maximum Gasteiger partial charge on any atom is 0.573 e. The number of benzene rings is 1. The van der Waals surface area contributed by atoms with E-state index in [1.165, 1.54) is 18.2 Å². The summed E-state index contributed by atoms with van der Waals surface area (Å²) >= 11 is 5.70. The topological polar surface area (TPSA) is 48.4 Å². The summed E-state index contributed by atoms with van der Waals surface area (Å²) in [6, 6.07) is 8.37. The summed E-state index contributed by atoms with van der Waals surface area (Å²) in [5.74, 6) is -0.263. The lowest BCUT2D eigenvalue weighted by molar-refractivity contribution is -0.274. The smallest absolute Gasteiger partial charge is 0.487 e. The molecule has 0 bridgehead atoms. The number of aromatic nitrogens is 1. The molecule has 1 aromatic heterocycles. The second-order valence-corrected chi connectivity index (χ2v) is 4.51. The molecule has 0 atom stereocenters. The zero-order chi connectivity index (χ0) is 16.2. The third kappa shape index (κ3) is 4.63. The number of alkyl halides is 3. The van der Waals surface area contributed by atoms with Gasteiger partial charge in [0.15, 0.2) is 6.29 Å². The first-order valence-electron chi connectivity index (χ1n) is 5.96. The van der Waals surface area contributed by atoms with Crippen LogP contribution in [0.3, 0.4) is 0 Å². The maximum atomic E-state index is 12.1. The third-order valence-electron chi connectivity index (χ3n) is 2.46. The fourth-order valence-corrected chi connectivity index (χ4v) is 1.79. The Labute approximate surface area is 128 Å². The van der Waals surface area contributed by atoms with Crippen LogP contribution in [-0.2, 0) is 6.61 Å². The molecule has 0 fully saturated rings. The van der Waals surface area contributed by atoms with Crippen molar-refractivity contribution in [2.24, 2.45) is 0 Å². The number of hydrogen-bond donors (Lipinski definition) is 0. The van der Waals surface area contributed by atoms with E-state index in [0.29, 0.717) is 12.0 Å². The first-order chi connectivity index (χ1) is 10.4. The van der Waals surface area contributed by atoms with Crippen molar-refractivity contribution >= 4 is 17.9 Å². The molecule has 0 amide bonds. The number of ether oxygens (including phenoxy) is 2. The predicted molar refractivity (Wildman–Crippen MR) is 72.1 cm³/mol. The van der Waals surface area contributed by atoms with Crippen LogP contribution in [0.5, 0.6) is 11.5 Å². The van der Waals surface area contributed by atoms with Crippen LogP contribution in [0.1, 0.15) is 16.2 Å². The van der Waals surface area contributed by atoms with Crippen LogP contribution in [0.25, 0.3) is 0 Å². The van der Waals surface area contributed by atoms with E-state index in [-0.39, 0.29) is 23.1 Å². The first kappa shape index (κ1) is 16.1. The van der Waals surface area contributed by atoms with E-state index in [9.17, 15) is 18.0 Å². The van der Waals surface area contributed by atoms with Crippen LogP contribution in [0.15, 0.2) is 36.4 Å². The highest BCUT2D eigenvalue weighted by molar-refractivity contribution is 6.32. The van der Waals surface area contributed by atoms with Crippen molar-refractivity contribution in [2.45, 2.75) is 13.0 Å². The summed E-state index contributed by atoms with van der Waals surface area (Å²) in [7, 11) is 0. The molecule has 2 aromatic rings. The molecule has 0 saturated carbocycles. The minimum atomic E-state index is -4.81. The molecule has 0 aliphatic rings. The fourth-order valence-electron chi connectivity index (χ4n) is 1.58. The minimum absolute atomic E-state index is 0.0392. The Morgan fingerprint density at radius 1 is 1.23 bits per heavy atom. The van der Waals surface area contributed by atoms with Crippen LogP contribution >= 0.6 is 11.6 Å². The molecule has 0 radical (unpaired) electrons. The van der Waals surface area contributed by atoms with E-state index < -0.39 is 12.1 Å². The zero-order valence-corrected chi connectivity index (χ0v) is 11.7. The Bertz CT molecular complexity index is 677. The molecule has 0 aliphatic carbocycles. The lowest BCUT2D eigenvalue weighted by Gasteiger charge is -2.12. The molecular weight excluding hydrogens is 323 g/mol. The number of rotatable bonds is 5. The Hall–Kier alpha value is -2.28. The van der Waals surface area contributed by atoms with E-state index in [1.54, 1.807) is 12.1 Å². The molecule has 0 aliphatic heterocycles. The molecule has 4 nitrogen and oxygen atoms in total. The highest BCUT2D eigenvalue weighted by Gasteiger charge is 2.32. The molecule has 1 heterocycles. The van der Waals surface area contributed by atoms with Gasteiger partial charge in [0.2, 0.25) is 0 Å². The van der Waals surface area contributed by atoms with Crippen molar-refractivity contribution in [3.05, 3.63) is 52.8 Å². The minimum Gasteiger partial charge on any atom is -0.487 e. The van der Waals surface area contributed by atoms with Crippen molar-refractivity contribution in [1.82, 2.24) is 4.98 Å². The summed E-state index contributed by atoms with van der Waals surface area (Å²) in [6.07, 6.45) is -4.21. The largest absolute Gasteiger partial charge is 0.573 e. The first-order valence-corrected chi connectivity index (χ1v) is 6.34. The summed E-state index contributed by atoms with van der Waals surface area (Å²) < 4.78 is 45.4. The second-order valence-electron chi connectivity index (χ2n) is 4.10. The van der Waals surface area contributed by atoms with Crippen LogP contribution in [0.4, 0.5) is 13.2 Å². The van der Waals surface area contributed by atoms with E-state index in [4.69, 9.17) is 16.3 Å². The van der Waals surface area contributed by atoms with Gasteiger partial charge < -0.3 is 9.47 Å². The normalized spacial score (nSPS) is 11.1. The Balaban J connectivity index is 2.04. The van der Waals surface area contributed by atoms with E-state index in [0.717, 1.165) is 6.07 Å². The predicted octanol–water partition coefficient (Wildman–Crippen LogP) is 4.03. The number of aldehydes is 1. The lowest BCUT2D eigenvalue weighted by atomic mass is 10.3. The standard InChI is InChI=1S/C14H9ClF3NO3/c15-12-6-11(4-5-13(12)22-14(16,17)18)21-8-10-3-1-2-9(7-20)19-10/h1-7H,8H2. The van der Waals surface area contributed by atoms with Crippen molar-refractivity contribution in [1.29, 1.82) is 0 Å². The molecule has 22 heavy (non-hydrogen) atoms. The zero-order valence-electron chi connectivity index (χ0n) is 10.9. The molecule has 0 unspecified atom stereocenters. The van der Waals surface area contributed by atoms with Gasteiger partial charge in [-0.1, -0.05) is 17.7 Å². The number of halogens is 4. The quantitative estimate of drug-likeness (QED) is 0.776. The maximum absolute atomic E-state index is 12.1. The van der Waals surface area contributed by atoms with E-state index >= 15 is 0 Å². The summed E-state index contributed by atoms with van der Waals surface area (Å²) in [6.45, 7) is 0.0392. The molecule has 116 valence electrons. The summed E-state index contributed by atoms with van der Waals surface area (Å²) in [4.78, 5) is 14.6. The van der Waals surface area contributed by atoms with Gasteiger partial charge in [-0.3, -0.25) is 4.79 Å². The van der Waals surface area contributed by atoms with Gasteiger partial charge in [0.05, 0.1) is 10.7 Å². The number of pyridine rings is 1. The molecule has 0 saturated heterocycles. The summed E-state index contributed by atoms with van der Waals surface area (Å²) in [5, 5.41) is -0.232. The SMILES string of the molecule is O=Cc1cccc(COc2ccc(OC(F)(F)F)c(Cl)c2)n1. The van der Waals surface area contributed by atoms with Crippen molar-refractivity contribution in [3.63, 3.8) is 0 Å². The number of hydrogen-bond acceptors (Lipinski definition) is 4. The third-order valence-corrected chi connectivity index (χ3v) is 2.76. The Morgan fingerprint density at radius 3 is 2.64 bits per heavy atom. The Morgan fingerprint density at radius 2 is 2.00 bits per heavy atom. The number of carbonyl (C=O) groups is 1. The van der Waals surface area contributed by atoms with Crippen molar-refractivity contribution in [2.75, 3.05) is 0 Å². The van der Waals surface area contributed by atoms with Gasteiger partial charge in [-0.2, -0.15) is 0 Å². The monoisotopic (exact) mass is 331 g/mol. The molecule has 0 N–H and O–H groups in total. The lowest BCUT2D eigenvalue weighted by Crippen LogP contribution is -2.17. The Kier molecular flexibility index (Phi) is 4.87. The number of nitrogens with zero attached hydrogens (tertiary/aromatic N) is 1. The highest BCUT2D eigenvalue weighted by atomic mass is 35.5. The van der Waals surface area contributed by atoms with Gasteiger partial charge >= 0.3 is 6.36 Å². The van der Waals surface area contributed by atoms with Gasteiger partial charge in [0.25, 0.3) is 0 Å². The second kappa shape index (κ2) is 6.65. The summed E-state index contributed by atoms with van der Waals surface area (Å²) in [5.41, 5.74) is 0.754. The molecule has 8 heteroatoms. The molecular formula is C14H9ClF3NO3. The molecule has 2 rings (SSSR count). The molecule has 0 spiro atoms. The van der Waals surface area contributed by atoms with Crippen molar-refractivity contribution < 1.29 is 27.4 Å². The fraction of sp³-hybridized carbons (Fsp3) is 0.143. The number of carbonyl (C=O) groups excluding carboxylic acids is 1. The molecule has 1 aromatic carbocycles. The van der Waals surface area contributed by atoms with Gasteiger partial charge in [-0.15, -0.1) is 13.2 Å². The van der Waals surface area contributed by atoms with Gasteiger partial charge in [-0.25, -0.2) is 4.98 Å². The van der Waals surface area contributed by atoms with Crippen LogP contribution in [0.2, 0.25) is 5.02 Å². The average molecular weight is 332 g/mol.